The van der Waals surface area contributed by atoms with Gasteiger partial charge in [-0.05, 0) is 24.3 Å². The Morgan fingerprint density at radius 1 is 1.14 bits per heavy atom. The van der Waals surface area contributed by atoms with Gasteiger partial charge in [0.1, 0.15) is 11.3 Å². The van der Waals surface area contributed by atoms with Crippen LogP contribution in [0.15, 0.2) is 51.8 Å². The molecule has 0 aliphatic carbocycles. The molecule has 0 aliphatic rings. The summed E-state index contributed by atoms with van der Waals surface area (Å²) in [6.07, 6.45) is -2.87. The highest BCUT2D eigenvalue weighted by atomic mass is 19.4. The van der Waals surface area contributed by atoms with E-state index in [-0.39, 0.29) is 16.9 Å². The van der Waals surface area contributed by atoms with E-state index >= 15 is 0 Å². The van der Waals surface area contributed by atoms with Crippen molar-refractivity contribution in [3.63, 3.8) is 0 Å². The molecule has 0 radical (unpaired) electrons. The smallest absolute Gasteiger partial charge is 0.416 e. The average molecular weight is 293 g/mol. The molecule has 0 spiro atoms. The summed E-state index contributed by atoms with van der Waals surface area (Å²) < 4.78 is 45.0. The number of hydrogen-bond donors (Lipinski definition) is 0. The summed E-state index contributed by atoms with van der Waals surface area (Å²) in [7, 11) is 1.60. The lowest BCUT2D eigenvalue weighted by Gasteiger charge is -2.07. The first-order valence-electron chi connectivity index (χ1n) is 6.13. The molecule has 0 saturated carbocycles. The molecule has 0 atom stereocenters. The molecule has 0 N–H and O–H groups in total. The highest BCUT2D eigenvalue weighted by Gasteiger charge is 2.30. The van der Waals surface area contributed by atoms with Crippen molar-refractivity contribution in [2.75, 3.05) is 0 Å². The Bertz CT molecular complexity index is 874. The van der Waals surface area contributed by atoms with E-state index in [2.05, 4.69) is 0 Å². The minimum absolute atomic E-state index is 0.236. The number of aryl methyl sites for hydroxylation is 1. The van der Waals surface area contributed by atoms with Gasteiger partial charge in [-0.2, -0.15) is 13.2 Å². The largest absolute Gasteiger partial charge is 0.456 e. The van der Waals surface area contributed by atoms with E-state index in [4.69, 9.17) is 4.42 Å². The van der Waals surface area contributed by atoms with E-state index in [1.54, 1.807) is 19.3 Å². The van der Waals surface area contributed by atoms with E-state index in [0.29, 0.717) is 11.0 Å². The third-order valence-corrected chi connectivity index (χ3v) is 3.24. The molecular weight excluding hydrogens is 283 g/mol. The predicted octanol–water partition coefficient (Wildman–Crippen LogP) is 3.82. The van der Waals surface area contributed by atoms with E-state index in [0.717, 1.165) is 12.1 Å². The molecule has 6 heteroatoms. The molecule has 3 aromatic rings. The van der Waals surface area contributed by atoms with Gasteiger partial charge >= 0.3 is 6.18 Å². The third-order valence-electron chi connectivity index (χ3n) is 3.24. The van der Waals surface area contributed by atoms with Crippen LogP contribution in [0.25, 0.3) is 22.3 Å². The zero-order chi connectivity index (χ0) is 15.2. The summed E-state index contributed by atoms with van der Waals surface area (Å²) in [5, 5.41) is 0.340. The number of nitrogens with zero attached hydrogens (tertiary/aromatic N) is 1. The van der Waals surface area contributed by atoms with Crippen molar-refractivity contribution in [1.82, 2.24) is 4.57 Å². The molecular formula is C15H10F3NO2. The lowest BCUT2D eigenvalue weighted by molar-refractivity contribution is -0.137. The van der Waals surface area contributed by atoms with Crippen LogP contribution in [-0.4, -0.2) is 4.57 Å². The second-order valence-corrected chi connectivity index (χ2v) is 4.70. The topological polar surface area (TPSA) is 35.1 Å². The van der Waals surface area contributed by atoms with Crippen molar-refractivity contribution in [1.29, 1.82) is 0 Å². The van der Waals surface area contributed by atoms with Gasteiger partial charge in [0, 0.05) is 18.8 Å². The average Bonchev–Trinajstić information content (AvgIpc) is 2.87. The first-order valence-corrected chi connectivity index (χ1v) is 6.13. The second-order valence-electron chi connectivity index (χ2n) is 4.70. The van der Waals surface area contributed by atoms with Crippen molar-refractivity contribution >= 4 is 11.0 Å². The van der Waals surface area contributed by atoms with Gasteiger partial charge in [-0.1, -0.05) is 12.1 Å². The fourth-order valence-electron chi connectivity index (χ4n) is 2.12. The fourth-order valence-corrected chi connectivity index (χ4v) is 2.12. The standard InChI is InChI=1S/C15H10F3NO2/c1-19-6-5-12-11(14(19)20)8-13(21-12)9-3-2-4-10(7-9)15(16,17)18/h2-8H,1H3. The third kappa shape index (κ3) is 2.33. The SMILES string of the molecule is Cn1ccc2oc(-c3cccc(C(F)(F)F)c3)cc2c1=O. The normalized spacial score (nSPS) is 12.0. The van der Waals surface area contributed by atoms with Crippen molar-refractivity contribution in [3.05, 3.63) is 58.5 Å². The Labute approximate surface area is 117 Å². The van der Waals surface area contributed by atoms with Crippen molar-refractivity contribution in [2.45, 2.75) is 6.18 Å². The van der Waals surface area contributed by atoms with Crippen LogP contribution in [-0.2, 0) is 13.2 Å². The van der Waals surface area contributed by atoms with Crippen molar-refractivity contribution < 1.29 is 17.6 Å². The van der Waals surface area contributed by atoms with Crippen LogP contribution in [0.5, 0.6) is 0 Å². The second kappa shape index (κ2) is 4.51. The highest BCUT2D eigenvalue weighted by molar-refractivity contribution is 5.81. The van der Waals surface area contributed by atoms with Crippen molar-refractivity contribution in [3.8, 4) is 11.3 Å². The van der Waals surface area contributed by atoms with E-state index in [1.165, 1.54) is 22.8 Å². The lowest BCUT2D eigenvalue weighted by Crippen LogP contribution is -2.14. The Kier molecular flexibility index (Phi) is 2.90. The maximum absolute atomic E-state index is 12.7. The molecule has 0 amide bonds. The van der Waals surface area contributed by atoms with Crippen molar-refractivity contribution in [2.24, 2.45) is 7.05 Å². The first-order chi connectivity index (χ1) is 9.86. The number of alkyl halides is 3. The van der Waals surface area contributed by atoms with Crippen LogP contribution in [0.1, 0.15) is 5.56 Å². The molecule has 2 heterocycles. The number of hydrogen-bond acceptors (Lipinski definition) is 2. The van der Waals surface area contributed by atoms with Gasteiger partial charge in [0.25, 0.3) is 5.56 Å². The zero-order valence-electron chi connectivity index (χ0n) is 10.9. The van der Waals surface area contributed by atoms with Gasteiger partial charge in [-0.25, -0.2) is 0 Å². The van der Waals surface area contributed by atoms with Gasteiger partial charge in [-0.3, -0.25) is 4.79 Å². The molecule has 1 aromatic carbocycles. The van der Waals surface area contributed by atoms with Crippen LogP contribution in [0.3, 0.4) is 0 Å². The molecule has 0 saturated heterocycles. The van der Waals surface area contributed by atoms with Gasteiger partial charge in [0.2, 0.25) is 0 Å². The number of aromatic nitrogens is 1. The van der Waals surface area contributed by atoms with Gasteiger partial charge < -0.3 is 8.98 Å². The van der Waals surface area contributed by atoms with E-state index in [9.17, 15) is 18.0 Å². The summed E-state index contributed by atoms with van der Waals surface area (Å²) in [6, 6.07) is 7.88. The quantitative estimate of drug-likeness (QED) is 0.683. The number of furan rings is 1. The molecule has 0 aliphatic heterocycles. The molecule has 0 fully saturated rings. The zero-order valence-corrected chi connectivity index (χ0v) is 10.9. The van der Waals surface area contributed by atoms with E-state index in [1.807, 2.05) is 0 Å². The maximum atomic E-state index is 12.7. The summed E-state index contributed by atoms with van der Waals surface area (Å²) in [6.45, 7) is 0. The van der Waals surface area contributed by atoms with Crippen LogP contribution >= 0.6 is 0 Å². The van der Waals surface area contributed by atoms with Gasteiger partial charge in [-0.15, -0.1) is 0 Å². The number of halogens is 3. The first kappa shape index (κ1) is 13.5. The summed E-state index contributed by atoms with van der Waals surface area (Å²) >= 11 is 0. The maximum Gasteiger partial charge on any atom is 0.416 e. The molecule has 108 valence electrons. The number of pyridine rings is 1. The monoisotopic (exact) mass is 293 g/mol. The molecule has 0 unspecified atom stereocenters. The predicted molar refractivity (Wildman–Crippen MR) is 71.9 cm³/mol. The van der Waals surface area contributed by atoms with E-state index < -0.39 is 11.7 Å². The lowest BCUT2D eigenvalue weighted by atomic mass is 10.1. The van der Waals surface area contributed by atoms with Crippen LogP contribution in [0, 0.1) is 0 Å². The van der Waals surface area contributed by atoms with Crippen LogP contribution in [0.4, 0.5) is 13.2 Å². The molecule has 2 aromatic heterocycles. The fraction of sp³-hybridized carbons (Fsp3) is 0.133. The Hall–Kier alpha value is -2.50. The number of rotatable bonds is 1. The highest BCUT2D eigenvalue weighted by Crippen LogP contribution is 2.33. The Morgan fingerprint density at radius 2 is 1.90 bits per heavy atom. The van der Waals surface area contributed by atoms with Gasteiger partial charge in [0.05, 0.1) is 10.9 Å². The molecule has 21 heavy (non-hydrogen) atoms. The van der Waals surface area contributed by atoms with Gasteiger partial charge in [0.15, 0.2) is 0 Å². The Balaban J connectivity index is 2.17. The Morgan fingerprint density at radius 3 is 2.62 bits per heavy atom. The molecule has 0 bridgehead atoms. The number of fused-ring (bicyclic) bond motifs is 1. The van der Waals surface area contributed by atoms with Crippen LogP contribution < -0.4 is 5.56 Å². The summed E-state index contributed by atoms with van der Waals surface area (Å²) in [4.78, 5) is 11.9. The minimum atomic E-state index is -4.42. The molecule has 3 rings (SSSR count). The summed E-state index contributed by atoms with van der Waals surface area (Å²) in [5.41, 5.74) is -0.378. The van der Waals surface area contributed by atoms with Crippen LogP contribution in [0.2, 0.25) is 0 Å². The minimum Gasteiger partial charge on any atom is -0.456 e. The number of benzene rings is 1. The summed E-state index contributed by atoms with van der Waals surface area (Å²) in [5.74, 6) is 0.236. The molecule has 3 nitrogen and oxygen atoms in total.